The van der Waals surface area contributed by atoms with Gasteiger partial charge in [0.2, 0.25) is 0 Å². The van der Waals surface area contributed by atoms with E-state index in [-0.39, 0.29) is 0 Å². The standard InChI is InChI=1S/C11H11ClN4/c12-8-3-5-9(6-4-8)16-10(7-1-2-7)11(13)14-15-16/h3-7H,1-2,13H2. The van der Waals surface area contributed by atoms with E-state index in [0.717, 1.165) is 11.4 Å². The number of halogens is 1. The molecule has 0 spiro atoms. The molecule has 0 amide bonds. The van der Waals surface area contributed by atoms with Crippen molar-refractivity contribution < 1.29 is 0 Å². The molecule has 1 heterocycles. The van der Waals surface area contributed by atoms with Crippen LogP contribution in [-0.4, -0.2) is 15.0 Å². The molecular formula is C11H11ClN4. The number of nitrogen functional groups attached to an aromatic ring is 1. The summed E-state index contributed by atoms with van der Waals surface area (Å²) in [4.78, 5) is 0. The summed E-state index contributed by atoms with van der Waals surface area (Å²) in [6.07, 6.45) is 2.34. The van der Waals surface area contributed by atoms with E-state index in [9.17, 15) is 0 Å². The lowest BCUT2D eigenvalue weighted by molar-refractivity contribution is 0.764. The molecule has 82 valence electrons. The number of hydrogen-bond donors (Lipinski definition) is 1. The number of benzene rings is 1. The summed E-state index contributed by atoms with van der Waals surface area (Å²) in [5.74, 6) is 1.06. The number of rotatable bonds is 2. The van der Waals surface area contributed by atoms with Crippen molar-refractivity contribution in [2.75, 3.05) is 5.73 Å². The van der Waals surface area contributed by atoms with E-state index >= 15 is 0 Å². The molecule has 2 aromatic rings. The van der Waals surface area contributed by atoms with Crippen LogP contribution in [0.15, 0.2) is 24.3 Å². The zero-order chi connectivity index (χ0) is 11.1. The Morgan fingerprint density at radius 1 is 1.25 bits per heavy atom. The van der Waals surface area contributed by atoms with Crippen LogP contribution in [0.5, 0.6) is 0 Å². The lowest BCUT2D eigenvalue weighted by Gasteiger charge is -2.05. The Morgan fingerprint density at radius 3 is 2.56 bits per heavy atom. The van der Waals surface area contributed by atoms with Crippen LogP contribution in [0.1, 0.15) is 24.5 Å². The third-order valence-corrected chi connectivity index (χ3v) is 3.02. The van der Waals surface area contributed by atoms with Crippen LogP contribution < -0.4 is 5.73 Å². The van der Waals surface area contributed by atoms with Gasteiger partial charge in [0.05, 0.1) is 11.4 Å². The first kappa shape index (κ1) is 9.66. The van der Waals surface area contributed by atoms with Crippen LogP contribution in [0, 0.1) is 0 Å². The highest BCUT2D eigenvalue weighted by molar-refractivity contribution is 6.30. The van der Waals surface area contributed by atoms with E-state index < -0.39 is 0 Å². The minimum atomic E-state index is 0.519. The molecule has 3 rings (SSSR count). The lowest BCUT2D eigenvalue weighted by atomic mass is 10.2. The molecule has 1 aromatic heterocycles. The molecule has 0 saturated heterocycles. The van der Waals surface area contributed by atoms with Crippen molar-refractivity contribution in [1.82, 2.24) is 15.0 Å². The molecule has 1 aliphatic carbocycles. The Balaban J connectivity index is 2.08. The van der Waals surface area contributed by atoms with E-state index in [2.05, 4.69) is 10.3 Å². The lowest BCUT2D eigenvalue weighted by Crippen LogP contribution is -2.02. The van der Waals surface area contributed by atoms with Crippen LogP contribution in [0.25, 0.3) is 5.69 Å². The van der Waals surface area contributed by atoms with E-state index in [1.54, 1.807) is 0 Å². The number of nitrogens with zero attached hydrogens (tertiary/aromatic N) is 3. The third kappa shape index (κ3) is 1.55. The SMILES string of the molecule is Nc1nnn(-c2ccc(Cl)cc2)c1C1CC1. The molecule has 5 heteroatoms. The van der Waals surface area contributed by atoms with Gasteiger partial charge in [0.25, 0.3) is 0 Å². The van der Waals surface area contributed by atoms with E-state index in [1.165, 1.54) is 12.8 Å². The Morgan fingerprint density at radius 2 is 1.94 bits per heavy atom. The maximum absolute atomic E-state index is 5.85. The molecule has 0 aliphatic heterocycles. The van der Waals surface area contributed by atoms with Crippen molar-refractivity contribution in [1.29, 1.82) is 0 Å². The molecule has 1 aliphatic rings. The molecule has 1 aromatic carbocycles. The second kappa shape index (κ2) is 3.49. The summed E-state index contributed by atoms with van der Waals surface area (Å²) in [6.45, 7) is 0. The van der Waals surface area contributed by atoms with Crippen LogP contribution >= 0.6 is 11.6 Å². The first-order chi connectivity index (χ1) is 7.75. The molecule has 2 N–H and O–H groups in total. The van der Waals surface area contributed by atoms with E-state index in [0.29, 0.717) is 16.8 Å². The zero-order valence-corrected chi connectivity index (χ0v) is 9.35. The highest BCUT2D eigenvalue weighted by atomic mass is 35.5. The predicted octanol–water partition coefficient (Wildman–Crippen LogP) is 2.38. The van der Waals surface area contributed by atoms with Gasteiger partial charge in [-0.2, -0.15) is 0 Å². The summed E-state index contributed by atoms with van der Waals surface area (Å²) in [5, 5.41) is 8.72. The van der Waals surface area contributed by atoms with Gasteiger partial charge in [-0.15, -0.1) is 5.10 Å². The first-order valence-electron chi connectivity index (χ1n) is 5.23. The average Bonchev–Trinajstić information content (AvgIpc) is 3.04. The maximum atomic E-state index is 5.85. The van der Waals surface area contributed by atoms with Gasteiger partial charge in [0, 0.05) is 10.9 Å². The largest absolute Gasteiger partial charge is 0.381 e. The number of aromatic nitrogens is 3. The topological polar surface area (TPSA) is 56.7 Å². The highest BCUT2D eigenvalue weighted by Gasteiger charge is 2.30. The minimum absolute atomic E-state index is 0.519. The van der Waals surface area contributed by atoms with Gasteiger partial charge in [-0.25, -0.2) is 4.68 Å². The Kier molecular flexibility index (Phi) is 2.11. The van der Waals surface area contributed by atoms with E-state index in [1.807, 2.05) is 28.9 Å². The van der Waals surface area contributed by atoms with Crippen molar-refractivity contribution in [3.05, 3.63) is 35.0 Å². The van der Waals surface area contributed by atoms with Gasteiger partial charge in [0.1, 0.15) is 0 Å². The normalized spacial score (nSPS) is 15.3. The fraction of sp³-hybridized carbons (Fsp3) is 0.273. The molecule has 0 atom stereocenters. The smallest absolute Gasteiger partial charge is 0.169 e. The highest BCUT2D eigenvalue weighted by Crippen LogP contribution is 2.42. The summed E-state index contributed by atoms with van der Waals surface area (Å²) in [6, 6.07) is 7.52. The molecule has 0 bridgehead atoms. The van der Waals surface area contributed by atoms with Gasteiger partial charge in [0.15, 0.2) is 5.82 Å². The summed E-state index contributed by atoms with van der Waals surface area (Å²) < 4.78 is 1.81. The van der Waals surface area contributed by atoms with Crippen molar-refractivity contribution >= 4 is 17.4 Å². The molecule has 0 unspecified atom stereocenters. The summed E-state index contributed by atoms with van der Waals surface area (Å²) >= 11 is 5.85. The maximum Gasteiger partial charge on any atom is 0.169 e. The second-order valence-corrected chi connectivity index (χ2v) is 4.46. The zero-order valence-electron chi connectivity index (χ0n) is 8.60. The molecule has 0 radical (unpaired) electrons. The van der Waals surface area contributed by atoms with Gasteiger partial charge < -0.3 is 5.73 Å². The third-order valence-electron chi connectivity index (χ3n) is 2.77. The molecule has 4 nitrogen and oxygen atoms in total. The first-order valence-corrected chi connectivity index (χ1v) is 5.60. The Bertz CT molecular complexity index is 513. The number of nitrogens with two attached hydrogens (primary N) is 1. The van der Waals surface area contributed by atoms with Crippen LogP contribution in [0.3, 0.4) is 0 Å². The molecule has 1 saturated carbocycles. The fourth-order valence-electron chi connectivity index (χ4n) is 1.81. The predicted molar refractivity (Wildman–Crippen MR) is 62.8 cm³/mol. The monoisotopic (exact) mass is 234 g/mol. The molecule has 16 heavy (non-hydrogen) atoms. The van der Waals surface area contributed by atoms with Crippen molar-refractivity contribution in [2.45, 2.75) is 18.8 Å². The summed E-state index contributed by atoms with van der Waals surface area (Å²) in [5.41, 5.74) is 7.81. The van der Waals surface area contributed by atoms with Crippen LogP contribution in [-0.2, 0) is 0 Å². The quantitative estimate of drug-likeness (QED) is 0.868. The fourth-order valence-corrected chi connectivity index (χ4v) is 1.94. The average molecular weight is 235 g/mol. The minimum Gasteiger partial charge on any atom is -0.381 e. The second-order valence-electron chi connectivity index (χ2n) is 4.02. The Hall–Kier alpha value is -1.55. The number of hydrogen-bond acceptors (Lipinski definition) is 3. The van der Waals surface area contributed by atoms with Crippen molar-refractivity contribution in [3.8, 4) is 5.69 Å². The Labute approximate surface area is 98.0 Å². The van der Waals surface area contributed by atoms with Gasteiger partial charge in [-0.3, -0.25) is 0 Å². The van der Waals surface area contributed by atoms with Gasteiger partial charge >= 0.3 is 0 Å². The van der Waals surface area contributed by atoms with Crippen LogP contribution in [0.2, 0.25) is 5.02 Å². The number of anilines is 1. The van der Waals surface area contributed by atoms with E-state index in [4.69, 9.17) is 17.3 Å². The molecule has 1 fully saturated rings. The van der Waals surface area contributed by atoms with Crippen LogP contribution in [0.4, 0.5) is 5.82 Å². The van der Waals surface area contributed by atoms with Crippen molar-refractivity contribution in [3.63, 3.8) is 0 Å². The molecular weight excluding hydrogens is 224 g/mol. The van der Waals surface area contributed by atoms with Gasteiger partial charge in [-0.05, 0) is 37.1 Å². The van der Waals surface area contributed by atoms with Crippen molar-refractivity contribution in [2.24, 2.45) is 0 Å². The van der Waals surface area contributed by atoms with Gasteiger partial charge in [-0.1, -0.05) is 16.8 Å². The summed E-state index contributed by atoms with van der Waals surface area (Å²) in [7, 11) is 0.